The summed E-state index contributed by atoms with van der Waals surface area (Å²) in [4.78, 5) is 12.2. The predicted octanol–water partition coefficient (Wildman–Crippen LogP) is 5.65. The van der Waals surface area contributed by atoms with Gasteiger partial charge >= 0.3 is 5.97 Å². The molecule has 0 bridgehead atoms. The van der Waals surface area contributed by atoms with E-state index < -0.39 is 11.8 Å². The fraction of sp³-hybridized carbons (Fsp3) is 0.381. The van der Waals surface area contributed by atoms with Gasteiger partial charge in [-0.25, -0.2) is 9.18 Å². The van der Waals surface area contributed by atoms with Crippen LogP contribution in [-0.2, 0) is 0 Å². The number of hydrogen-bond acceptors (Lipinski definition) is 2. The van der Waals surface area contributed by atoms with Gasteiger partial charge in [0.05, 0.1) is 5.56 Å². The largest absolute Gasteiger partial charge is 0.420 e. The van der Waals surface area contributed by atoms with E-state index in [0.717, 1.165) is 11.5 Å². The Balaban J connectivity index is 1.67. The van der Waals surface area contributed by atoms with Gasteiger partial charge in [-0.3, -0.25) is 0 Å². The summed E-state index contributed by atoms with van der Waals surface area (Å²) in [5.41, 5.74) is 2.52. The van der Waals surface area contributed by atoms with E-state index in [9.17, 15) is 9.18 Å². The standard InChI is InChI=1S/C21H23FO2/c1-14-3-6-16(7-4-14)17-8-10-18(11-9-17)21(23)24-20-12-5-15(2)13-19(20)22/h5,8-14,16H,3-4,6-7H2,1-2H3. The third-order valence-corrected chi connectivity index (χ3v) is 4.92. The summed E-state index contributed by atoms with van der Waals surface area (Å²) in [6.07, 6.45) is 4.95. The van der Waals surface area contributed by atoms with Crippen LogP contribution >= 0.6 is 0 Å². The second kappa shape index (κ2) is 7.16. The molecule has 0 heterocycles. The van der Waals surface area contributed by atoms with Crippen molar-refractivity contribution in [3.63, 3.8) is 0 Å². The van der Waals surface area contributed by atoms with E-state index in [1.165, 1.54) is 43.4 Å². The number of rotatable bonds is 3. The Labute approximate surface area is 142 Å². The van der Waals surface area contributed by atoms with Crippen LogP contribution in [0.1, 0.15) is 60.0 Å². The lowest BCUT2D eigenvalue weighted by molar-refractivity contribution is 0.0728. The highest BCUT2D eigenvalue weighted by atomic mass is 19.1. The van der Waals surface area contributed by atoms with Gasteiger partial charge in [-0.2, -0.15) is 0 Å². The lowest BCUT2D eigenvalue weighted by Crippen LogP contribution is -2.12. The number of hydrogen-bond donors (Lipinski definition) is 0. The van der Waals surface area contributed by atoms with E-state index in [1.54, 1.807) is 25.1 Å². The van der Waals surface area contributed by atoms with E-state index in [1.807, 2.05) is 12.1 Å². The van der Waals surface area contributed by atoms with Crippen LogP contribution in [0, 0.1) is 18.7 Å². The fourth-order valence-corrected chi connectivity index (χ4v) is 3.33. The number of carbonyl (C=O) groups excluding carboxylic acids is 1. The molecule has 0 N–H and O–H groups in total. The van der Waals surface area contributed by atoms with Crippen LogP contribution in [0.4, 0.5) is 4.39 Å². The lowest BCUT2D eigenvalue weighted by Gasteiger charge is -2.26. The molecule has 1 aliphatic carbocycles. The number of aryl methyl sites for hydroxylation is 1. The molecule has 0 saturated heterocycles. The van der Waals surface area contributed by atoms with E-state index in [4.69, 9.17) is 4.74 Å². The highest BCUT2D eigenvalue weighted by Crippen LogP contribution is 2.35. The molecule has 126 valence electrons. The monoisotopic (exact) mass is 326 g/mol. The van der Waals surface area contributed by atoms with Gasteiger partial charge in [-0.05, 0) is 67.0 Å². The topological polar surface area (TPSA) is 26.3 Å². The molecular formula is C21H23FO2. The van der Waals surface area contributed by atoms with E-state index in [2.05, 4.69) is 6.92 Å². The molecule has 0 unspecified atom stereocenters. The zero-order valence-corrected chi connectivity index (χ0v) is 14.2. The van der Waals surface area contributed by atoms with Crippen molar-refractivity contribution in [3.05, 3.63) is 65.0 Å². The molecule has 2 nitrogen and oxygen atoms in total. The Hall–Kier alpha value is -2.16. The highest BCUT2D eigenvalue weighted by molar-refractivity contribution is 5.91. The molecule has 2 aromatic carbocycles. The maximum absolute atomic E-state index is 13.8. The molecule has 0 aromatic heterocycles. The molecule has 1 saturated carbocycles. The molecular weight excluding hydrogens is 303 g/mol. The zero-order valence-electron chi connectivity index (χ0n) is 14.2. The van der Waals surface area contributed by atoms with Crippen molar-refractivity contribution in [1.82, 2.24) is 0 Å². The summed E-state index contributed by atoms with van der Waals surface area (Å²) in [5.74, 6) is 0.328. The van der Waals surface area contributed by atoms with Crippen molar-refractivity contribution >= 4 is 5.97 Å². The molecule has 1 fully saturated rings. The van der Waals surface area contributed by atoms with Crippen LogP contribution in [0.3, 0.4) is 0 Å². The second-order valence-corrected chi connectivity index (χ2v) is 6.90. The number of benzene rings is 2. The molecule has 0 aliphatic heterocycles. The van der Waals surface area contributed by atoms with Crippen LogP contribution in [0.2, 0.25) is 0 Å². The van der Waals surface area contributed by atoms with Crippen LogP contribution in [0.15, 0.2) is 42.5 Å². The minimum Gasteiger partial charge on any atom is -0.420 e. The Kier molecular flexibility index (Phi) is 4.98. The fourth-order valence-electron chi connectivity index (χ4n) is 3.33. The minimum absolute atomic E-state index is 0.0315. The van der Waals surface area contributed by atoms with Crippen molar-refractivity contribution in [2.45, 2.75) is 45.4 Å². The highest BCUT2D eigenvalue weighted by Gasteiger charge is 2.20. The van der Waals surface area contributed by atoms with Gasteiger partial charge in [0.2, 0.25) is 0 Å². The van der Waals surface area contributed by atoms with Gasteiger partial charge in [0.25, 0.3) is 0 Å². The maximum atomic E-state index is 13.8. The average molecular weight is 326 g/mol. The molecule has 0 spiro atoms. The van der Waals surface area contributed by atoms with Gasteiger partial charge < -0.3 is 4.74 Å². The molecule has 2 aromatic rings. The van der Waals surface area contributed by atoms with Gasteiger partial charge in [0.1, 0.15) is 0 Å². The first-order chi connectivity index (χ1) is 11.5. The Morgan fingerprint density at radius 1 is 1.04 bits per heavy atom. The first-order valence-electron chi connectivity index (χ1n) is 8.61. The summed E-state index contributed by atoms with van der Waals surface area (Å²) in [7, 11) is 0. The number of carbonyl (C=O) groups is 1. The van der Waals surface area contributed by atoms with Gasteiger partial charge in [0.15, 0.2) is 11.6 Å². The van der Waals surface area contributed by atoms with E-state index in [0.29, 0.717) is 11.5 Å². The first kappa shape index (κ1) is 16.7. The zero-order chi connectivity index (χ0) is 17.1. The summed E-state index contributed by atoms with van der Waals surface area (Å²) in [5, 5.41) is 0. The minimum atomic E-state index is -0.526. The first-order valence-corrected chi connectivity index (χ1v) is 8.61. The summed E-state index contributed by atoms with van der Waals surface area (Å²) >= 11 is 0. The van der Waals surface area contributed by atoms with Crippen molar-refractivity contribution in [2.75, 3.05) is 0 Å². The van der Waals surface area contributed by atoms with Crippen LogP contribution < -0.4 is 4.74 Å². The SMILES string of the molecule is Cc1ccc(OC(=O)c2ccc(C3CCC(C)CC3)cc2)c(F)c1. The smallest absolute Gasteiger partial charge is 0.343 e. The molecule has 0 radical (unpaired) electrons. The van der Waals surface area contributed by atoms with Gasteiger partial charge in [0, 0.05) is 0 Å². The van der Waals surface area contributed by atoms with Crippen LogP contribution in [0.25, 0.3) is 0 Å². The maximum Gasteiger partial charge on any atom is 0.343 e. The normalized spacial score (nSPS) is 20.6. The average Bonchev–Trinajstić information content (AvgIpc) is 2.58. The number of ether oxygens (including phenoxy) is 1. The summed E-state index contributed by atoms with van der Waals surface area (Å²) in [6.45, 7) is 4.10. The van der Waals surface area contributed by atoms with Crippen molar-refractivity contribution in [2.24, 2.45) is 5.92 Å². The molecule has 1 aliphatic rings. The van der Waals surface area contributed by atoms with Crippen LogP contribution in [-0.4, -0.2) is 5.97 Å². The third kappa shape index (κ3) is 3.84. The van der Waals surface area contributed by atoms with E-state index in [-0.39, 0.29) is 5.75 Å². The predicted molar refractivity (Wildman–Crippen MR) is 92.9 cm³/mol. The van der Waals surface area contributed by atoms with Gasteiger partial charge in [-0.1, -0.05) is 38.0 Å². The van der Waals surface area contributed by atoms with Crippen molar-refractivity contribution in [1.29, 1.82) is 0 Å². The molecule has 0 amide bonds. The van der Waals surface area contributed by atoms with E-state index >= 15 is 0 Å². The van der Waals surface area contributed by atoms with Gasteiger partial charge in [-0.15, -0.1) is 0 Å². The lowest BCUT2D eigenvalue weighted by atomic mass is 9.79. The summed E-state index contributed by atoms with van der Waals surface area (Å²) in [6, 6.07) is 12.1. The van der Waals surface area contributed by atoms with Crippen LogP contribution in [0.5, 0.6) is 5.75 Å². The Morgan fingerprint density at radius 2 is 1.71 bits per heavy atom. The van der Waals surface area contributed by atoms with Crippen molar-refractivity contribution in [3.8, 4) is 5.75 Å². The number of halogens is 1. The molecule has 24 heavy (non-hydrogen) atoms. The number of esters is 1. The Morgan fingerprint density at radius 3 is 2.33 bits per heavy atom. The molecule has 3 rings (SSSR count). The Bertz CT molecular complexity index is 713. The van der Waals surface area contributed by atoms with Crippen molar-refractivity contribution < 1.29 is 13.9 Å². The summed E-state index contributed by atoms with van der Waals surface area (Å²) < 4.78 is 19.0. The quantitative estimate of drug-likeness (QED) is 0.538. The second-order valence-electron chi connectivity index (χ2n) is 6.90. The molecule has 3 heteroatoms. The third-order valence-electron chi connectivity index (χ3n) is 4.92. The molecule has 0 atom stereocenters.